The van der Waals surface area contributed by atoms with E-state index in [2.05, 4.69) is 15.9 Å². The van der Waals surface area contributed by atoms with E-state index < -0.39 is 28.5 Å². The third kappa shape index (κ3) is 4.95. The number of nitrogens with zero attached hydrogens (tertiary/aromatic N) is 1. The summed E-state index contributed by atoms with van der Waals surface area (Å²) in [6, 6.07) is 0. The molecule has 0 heterocycles. The lowest BCUT2D eigenvalue weighted by molar-refractivity contribution is -0.399. The minimum absolute atomic E-state index is 0.260. The number of halogens is 7. The highest BCUT2D eigenvalue weighted by molar-refractivity contribution is 9.09. The highest BCUT2D eigenvalue weighted by atomic mass is 79.9. The SMILES string of the molecule is CC(C)(CBr)CC(C)(C)N(C(F)(F)F)C(F)(F)F. The molecule has 0 aliphatic carbocycles. The van der Waals surface area contributed by atoms with Crippen LogP contribution in [-0.4, -0.2) is 28.4 Å². The minimum atomic E-state index is -5.45. The molecule has 0 saturated carbocycles. The zero-order valence-corrected chi connectivity index (χ0v) is 12.1. The summed E-state index contributed by atoms with van der Waals surface area (Å²) in [5, 5.41) is 0.312. The molecule has 110 valence electrons. The second kappa shape index (κ2) is 5.19. The Kier molecular flexibility index (Phi) is 5.19. The van der Waals surface area contributed by atoms with Crippen LogP contribution in [0.3, 0.4) is 0 Å². The smallest absolute Gasteiger partial charge is 0.155 e. The zero-order valence-electron chi connectivity index (χ0n) is 10.5. The molecule has 0 aromatic carbocycles. The Balaban J connectivity index is 5.37. The molecule has 0 aliphatic heterocycles. The van der Waals surface area contributed by atoms with E-state index in [4.69, 9.17) is 0 Å². The van der Waals surface area contributed by atoms with Crippen LogP contribution >= 0.6 is 15.9 Å². The van der Waals surface area contributed by atoms with E-state index in [9.17, 15) is 26.3 Å². The number of hydrogen-bond donors (Lipinski definition) is 0. The summed E-state index contributed by atoms with van der Waals surface area (Å²) < 4.78 is 75.5. The van der Waals surface area contributed by atoms with Crippen LogP contribution in [0.25, 0.3) is 0 Å². The van der Waals surface area contributed by atoms with Crippen molar-refractivity contribution in [1.29, 1.82) is 0 Å². The van der Waals surface area contributed by atoms with E-state index >= 15 is 0 Å². The predicted molar refractivity (Wildman–Crippen MR) is 60.2 cm³/mol. The number of hydrogen-bond acceptors (Lipinski definition) is 1. The van der Waals surface area contributed by atoms with Crippen LogP contribution < -0.4 is 0 Å². The molecule has 0 rings (SSSR count). The van der Waals surface area contributed by atoms with Gasteiger partial charge in [0.1, 0.15) is 0 Å². The molecule has 8 heteroatoms. The second-order valence-corrected chi connectivity index (χ2v) is 6.12. The molecule has 0 spiro atoms. The van der Waals surface area contributed by atoms with Gasteiger partial charge in [-0.2, -0.15) is 26.3 Å². The Bertz CT molecular complexity index is 267. The summed E-state index contributed by atoms with van der Waals surface area (Å²) in [7, 11) is 0. The predicted octanol–water partition coefficient (Wildman–Crippen LogP) is 4.92. The van der Waals surface area contributed by atoms with Gasteiger partial charge in [0.2, 0.25) is 0 Å². The standard InChI is InChI=1S/C10H16BrF6N/c1-7(2,6-11)5-8(3,4)18(9(12,13)14)10(15,16)17/h5-6H2,1-4H3. The third-order valence-corrected chi connectivity index (χ3v) is 3.90. The molecule has 0 radical (unpaired) electrons. The Morgan fingerprint density at radius 3 is 1.39 bits per heavy atom. The van der Waals surface area contributed by atoms with Crippen molar-refractivity contribution < 1.29 is 26.3 Å². The van der Waals surface area contributed by atoms with Gasteiger partial charge in [-0.3, -0.25) is 0 Å². The lowest BCUT2D eigenvalue weighted by Crippen LogP contribution is -2.60. The van der Waals surface area contributed by atoms with E-state index in [1.165, 1.54) is 0 Å². The van der Waals surface area contributed by atoms with Crippen LogP contribution in [0.15, 0.2) is 0 Å². The van der Waals surface area contributed by atoms with Gasteiger partial charge in [-0.25, -0.2) is 0 Å². The molecule has 0 aromatic rings. The maximum Gasteiger partial charge on any atom is 0.467 e. The average Bonchev–Trinajstić information content (AvgIpc) is 1.94. The molecule has 0 bridgehead atoms. The topological polar surface area (TPSA) is 3.24 Å². The summed E-state index contributed by atoms with van der Waals surface area (Å²) in [4.78, 5) is -1.34. The maximum atomic E-state index is 12.6. The molecule has 0 fully saturated rings. The molecule has 0 N–H and O–H groups in total. The van der Waals surface area contributed by atoms with Crippen LogP contribution in [0.2, 0.25) is 0 Å². The minimum Gasteiger partial charge on any atom is -0.155 e. The molecule has 0 atom stereocenters. The summed E-state index contributed by atoms with van der Waals surface area (Å²) in [5.74, 6) is 0. The van der Waals surface area contributed by atoms with E-state index in [1.54, 1.807) is 13.8 Å². The van der Waals surface area contributed by atoms with Gasteiger partial charge in [-0.1, -0.05) is 29.8 Å². The second-order valence-electron chi connectivity index (χ2n) is 5.56. The van der Waals surface area contributed by atoms with E-state index in [1.807, 2.05) is 0 Å². The molecule has 1 nitrogen and oxygen atoms in total. The normalized spacial score (nSPS) is 15.3. The highest BCUT2D eigenvalue weighted by Gasteiger charge is 2.60. The van der Waals surface area contributed by atoms with Gasteiger partial charge >= 0.3 is 12.6 Å². The molecule has 0 unspecified atom stereocenters. The molecule has 0 saturated heterocycles. The first-order valence-corrected chi connectivity index (χ1v) is 6.25. The van der Waals surface area contributed by atoms with Crippen molar-refractivity contribution in [3.05, 3.63) is 0 Å². The van der Waals surface area contributed by atoms with Gasteiger partial charge in [-0.05, 0) is 25.7 Å². The molecular formula is C10H16BrF6N. The van der Waals surface area contributed by atoms with Crippen molar-refractivity contribution >= 4 is 15.9 Å². The number of alkyl halides is 7. The van der Waals surface area contributed by atoms with Gasteiger partial charge in [-0.15, -0.1) is 4.90 Å². The first-order chi connectivity index (χ1) is 7.63. The van der Waals surface area contributed by atoms with Crippen LogP contribution in [0.5, 0.6) is 0 Å². The summed E-state index contributed by atoms with van der Waals surface area (Å²) in [6.07, 6.45) is -11.2. The van der Waals surface area contributed by atoms with E-state index in [0.29, 0.717) is 5.33 Å². The maximum absolute atomic E-state index is 12.6. The lowest BCUT2D eigenvalue weighted by atomic mass is 9.81. The van der Waals surface area contributed by atoms with Crippen molar-refractivity contribution in [3.63, 3.8) is 0 Å². The van der Waals surface area contributed by atoms with Gasteiger partial charge in [0.25, 0.3) is 0 Å². The van der Waals surface area contributed by atoms with Crippen LogP contribution in [0, 0.1) is 5.41 Å². The molecule has 0 amide bonds. The van der Waals surface area contributed by atoms with Crippen molar-refractivity contribution in [2.24, 2.45) is 5.41 Å². The lowest BCUT2D eigenvalue weighted by Gasteiger charge is -2.43. The molecular weight excluding hydrogens is 328 g/mol. The Hall–Kier alpha value is 0.0200. The fraction of sp³-hybridized carbons (Fsp3) is 1.00. The first kappa shape index (κ1) is 18.0. The fourth-order valence-electron chi connectivity index (χ4n) is 2.13. The molecule has 0 aromatic heterocycles. The quantitative estimate of drug-likeness (QED) is 0.398. The van der Waals surface area contributed by atoms with Gasteiger partial charge < -0.3 is 0 Å². The third-order valence-electron chi connectivity index (χ3n) is 2.39. The molecule has 18 heavy (non-hydrogen) atoms. The van der Waals surface area contributed by atoms with Gasteiger partial charge in [0, 0.05) is 10.9 Å². The highest BCUT2D eigenvalue weighted by Crippen LogP contribution is 2.44. The molecule has 0 aliphatic rings. The van der Waals surface area contributed by atoms with Crippen molar-refractivity contribution in [1.82, 2.24) is 4.90 Å². The summed E-state index contributed by atoms with van der Waals surface area (Å²) in [6.45, 7) is 5.10. The monoisotopic (exact) mass is 343 g/mol. The van der Waals surface area contributed by atoms with Crippen molar-refractivity contribution in [2.45, 2.75) is 52.3 Å². The van der Waals surface area contributed by atoms with Crippen LogP contribution in [-0.2, 0) is 0 Å². The number of rotatable bonds is 4. The average molecular weight is 344 g/mol. The first-order valence-electron chi connectivity index (χ1n) is 5.13. The van der Waals surface area contributed by atoms with Crippen molar-refractivity contribution in [3.8, 4) is 0 Å². The summed E-state index contributed by atoms with van der Waals surface area (Å²) in [5.41, 5.74) is -2.76. The van der Waals surface area contributed by atoms with Crippen LogP contribution in [0.1, 0.15) is 34.1 Å². The van der Waals surface area contributed by atoms with Gasteiger partial charge in [0.05, 0.1) is 0 Å². The summed E-state index contributed by atoms with van der Waals surface area (Å²) >= 11 is 3.09. The Labute approximate surface area is 111 Å². The van der Waals surface area contributed by atoms with Crippen molar-refractivity contribution in [2.75, 3.05) is 5.33 Å². The zero-order chi connectivity index (χ0) is 15.0. The van der Waals surface area contributed by atoms with E-state index in [0.717, 1.165) is 13.8 Å². The largest absolute Gasteiger partial charge is 0.467 e. The van der Waals surface area contributed by atoms with E-state index in [-0.39, 0.29) is 6.42 Å². The van der Waals surface area contributed by atoms with Gasteiger partial charge in [0.15, 0.2) is 0 Å². The van der Waals surface area contributed by atoms with Crippen LogP contribution in [0.4, 0.5) is 26.3 Å². The Morgan fingerprint density at radius 2 is 1.17 bits per heavy atom. The fourth-order valence-corrected chi connectivity index (χ4v) is 2.33. The Morgan fingerprint density at radius 1 is 0.833 bits per heavy atom.